The molecule has 1 fully saturated rings. The molecule has 6 heteroatoms. The van der Waals surface area contributed by atoms with Gasteiger partial charge in [0.15, 0.2) is 6.10 Å². The topological polar surface area (TPSA) is 90.4 Å². The first-order chi connectivity index (χ1) is 11.1. The second kappa shape index (κ2) is 9.03. The third-order valence-corrected chi connectivity index (χ3v) is 4.62. The van der Waals surface area contributed by atoms with Crippen LogP contribution in [0.25, 0.3) is 0 Å². The highest BCUT2D eigenvalue weighted by atomic mass is 16.5. The van der Waals surface area contributed by atoms with E-state index < -0.39 is 18.3 Å². The van der Waals surface area contributed by atoms with Gasteiger partial charge in [0.25, 0.3) is 0 Å². The van der Waals surface area contributed by atoms with Gasteiger partial charge < -0.3 is 20.1 Å². The van der Waals surface area contributed by atoms with Crippen LogP contribution in [0.1, 0.15) is 57.6 Å². The van der Waals surface area contributed by atoms with E-state index >= 15 is 0 Å². The Kier molecular flexibility index (Phi) is 7.05. The number of imidazole rings is 1. The lowest BCUT2D eigenvalue weighted by atomic mass is 9.87. The van der Waals surface area contributed by atoms with Crippen molar-refractivity contribution in [1.82, 2.24) is 9.55 Å². The largest absolute Gasteiger partial charge is 0.479 e. The molecule has 0 saturated heterocycles. The molecule has 0 radical (unpaired) electrons. The molecule has 1 aliphatic carbocycles. The lowest BCUT2D eigenvalue weighted by molar-refractivity contribution is -0.154. The Morgan fingerprint density at radius 1 is 1.48 bits per heavy atom. The first-order valence-electron chi connectivity index (χ1n) is 8.73. The van der Waals surface area contributed by atoms with E-state index in [0.29, 0.717) is 6.42 Å². The molecule has 0 bridgehead atoms. The maximum absolute atomic E-state index is 11.3. The second-order valence-electron chi connectivity index (χ2n) is 6.51. The minimum absolute atomic E-state index is 0.249. The molecule has 1 aliphatic rings. The summed E-state index contributed by atoms with van der Waals surface area (Å²) in [7, 11) is 0. The minimum Gasteiger partial charge on any atom is -0.479 e. The summed E-state index contributed by atoms with van der Waals surface area (Å²) in [5.74, 6) is -0.169. The van der Waals surface area contributed by atoms with Crippen LogP contribution in [0, 0.1) is 5.92 Å². The van der Waals surface area contributed by atoms with Gasteiger partial charge in [-0.15, -0.1) is 0 Å². The molecule has 23 heavy (non-hydrogen) atoms. The summed E-state index contributed by atoms with van der Waals surface area (Å²) in [5.41, 5.74) is 6.43. The number of hydrogen-bond acceptors (Lipinski definition) is 4. The van der Waals surface area contributed by atoms with Gasteiger partial charge in [0, 0.05) is 19.2 Å². The number of aryl methyl sites for hydroxylation is 1. The Morgan fingerprint density at radius 2 is 2.22 bits per heavy atom. The average molecular weight is 323 g/mol. The van der Waals surface area contributed by atoms with Crippen LogP contribution >= 0.6 is 0 Å². The summed E-state index contributed by atoms with van der Waals surface area (Å²) in [4.78, 5) is 15.6. The highest BCUT2D eigenvalue weighted by Crippen LogP contribution is 2.26. The van der Waals surface area contributed by atoms with E-state index in [4.69, 9.17) is 10.5 Å². The van der Waals surface area contributed by atoms with Crippen LogP contribution < -0.4 is 5.73 Å². The predicted molar refractivity (Wildman–Crippen MR) is 87.9 cm³/mol. The molecule has 6 nitrogen and oxygen atoms in total. The minimum atomic E-state index is -0.995. The third-order valence-electron chi connectivity index (χ3n) is 4.62. The van der Waals surface area contributed by atoms with Gasteiger partial charge in [-0.25, -0.2) is 9.78 Å². The van der Waals surface area contributed by atoms with Crippen molar-refractivity contribution in [2.24, 2.45) is 11.7 Å². The van der Waals surface area contributed by atoms with Crippen LogP contribution in [-0.4, -0.2) is 33.0 Å². The van der Waals surface area contributed by atoms with Gasteiger partial charge in [0.05, 0.1) is 12.0 Å². The van der Waals surface area contributed by atoms with Crippen molar-refractivity contribution in [3.63, 3.8) is 0 Å². The highest BCUT2D eigenvalue weighted by molar-refractivity contribution is 5.72. The maximum Gasteiger partial charge on any atom is 0.333 e. The number of aliphatic carboxylic acids is 1. The number of carboxylic acid groups (broad SMARTS) is 1. The lowest BCUT2D eigenvalue weighted by Crippen LogP contribution is -2.35. The Bertz CT molecular complexity index is 483. The predicted octanol–water partition coefficient (Wildman–Crippen LogP) is 2.56. The summed E-state index contributed by atoms with van der Waals surface area (Å²) in [5, 5.41) is 9.24. The van der Waals surface area contributed by atoms with Crippen molar-refractivity contribution in [3.8, 4) is 0 Å². The summed E-state index contributed by atoms with van der Waals surface area (Å²) >= 11 is 0. The van der Waals surface area contributed by atoms with Crippen molar-refractivity contribution >= 4 is 5.97 Å². The fourth-order valence-corrected chi connectivity index (χ4v) is 3.13. The zero-order valence-electron chi connectivity index (χ0n) is 14.0. The van der Waals surface area contributed by atoms with E-state index in [1.807, 2.05) is 13.1 Å². The van der Waals surface area contributed by atoms with Crippen LogP contribution in [0.15, 0.2) is 12.5 Å². The Balaban J connectivity index is 1.83. The highest BCUT2D eigenvalue weighted by Gasteiger charge is 2.22. The molecule has 0 aliphatic heterocycles. The summed E-state index contributed by atoms with van der Waals surface area (Å²) in [6, 6.07) is 0. The number of nitrogens with zero attached hydrogens (tertiary/aromatic N) is 2. The van der Waals surface area contributed by atoms with Gasteiger partial charge in [0.1, 0.15) is 6.23 Å². The molecular formula is C17H29N3O3. The standard InChI is InChI=1S/C17H29N3O3/c1-2-16(18)23-15(17(21)22)10-14-11-20(12-19-14)9-8-13-6-4-3-5-7-13/h11-13,15-16H,2-10,18H2,1H3,(H,21,22)/t15-,16-/m0/s1. The summed E-state index contributed by atoms with van der Waals surface area (Å²) < 4.78 is 7.42. The number of carbonyl (C=O) groups is 1. The third kappa shape index (κ3) is 5.95. The molecule has 0 amide bonds. The van der Waals surface area contributed by atoms with E-state index in [9.17, 15) is 9.90 Å². The smallest absolute Gasteiger partial charge is 0.333 e. The van der Waals surface area contributed by atoms with E-state index in [2.05, 4.69) is 9.55 Å². The molecule has 0 spiro atoms. The van der Waals surface area contributed by atoms with Crippen LogP contribution in [0.4, 0.5) is 0 Å². The number of nitrogens with two attached hydrogens (primary N) is 1. The fraction of sp³-hybridized carbons (Fsp3) is 0.765. The van der Waals surface area contributed by atoms with Crippen LogP contribution in [-0.2, 0) is 22.5 Å². The zero-order chi connectivity index (χ0) is 16.7. The van der Waals surface area contributed by atoms with Crippen molar-refractivity contribution in [2.75, 3.05) is 0 Å². The normalized spacial score (nSPS) is 18.7. The molecule has 130 valence electrons. The van der Waals surface area contributed by atoms with Gasteiger partial charge in [-0.3, -0.25) is 0 Å². The molecule has 2 atom stereocenters. The van der Waals surface area contributed by atoms with E-state index in [-0.39, 0.29) is 6.42 Å². The Labute approximate surface area is 138 Å². The number of rotatable bonds is 9. The first kappa shape index (κ1) is 17.9. The van der Waals surface area contributed by atoms with Crippen LogP contribution in [0.5, 0.6) is 0 Å². The first-order valence-corrected chi connectivity index (χ1v) is 8.73. The summed E-state index contributed by atoms with van der Waals surface area (Å²) in [6.07, 6.45) is 11.0. The van der Waals surface area contributed by atoms with Crippen LogP contribution in [0.2, 0.25) is 0 Å². The number of carboxylic acids is 1. The van der Waals surface area contributed by atoms with Crippen molar-refractivity contribution in [3.05, 3.63) is 18.2 Å². The second-order valence-corrected chi connectivity index (χ2v) is 6.51. The molecule has 3 N–H and O–H groups in total. The van der Waals surface area contributed by atoms with Crippen molar-refractivity contribution < 1.29 is 14.6 Å². The molecule has 0 aromatic carbocycles. The SMILES string of the molecule is CC[C@@H](N)O[C@@H](Cc1cn(CCC2CCCCC2)cn1)C(=O)O. The van der Waals surface area contributed by atoms with Gasteiger partial charge in [0.2, 0.25) is 0 Å². The van der Waals surface area contributed by atoms with Crippen LogP contribution in [0.3, 0.4) is 0 Å². The van der Waals surface area contributed by atoms with Crippen molar-refractivity contribution in [1.29, 1.82) is 0 Å². The monoisotopic (exact) mass is 323 g/mol. The molecular weight excluding hydrogens is 294 g/mol. The average Bonchev–Trinajstić information content (AvgIpc) is 3.00. The number of aromatic nitrogens is 2. The molecule has 1 aromatic rings. The Hall–Kier alpha value is -1.40. The zero-order valence-corrected chi connectivity index (χ0v) is 14.0. The van der Waals surface area contributed by atoms with E-state index in [0.717, 1.165) is 18.2 Å². The molecule has 1 heterocycles. The van der Waals surface area contributed by atoms with E-state index in [1.54, 1.807) is 6.33 Å². The molecule has 0 unspecified atom stereocenters. The van der Waals surface area contributed by atoms with Gasteiger partial charge >= 0.3 is 5.97 Å². The number of hydrogen-bond donors (Lipinski definition) is 2. The lowest BCUT2D eigenvalue weighted by Gasteiger charge is -2.21. The van der Waals surface area contributed by atoms with Gasteiger partial charge in [-0.1, -0.05) is 39.0 Å². The van der Waals surface area contributed by atoms with Gasteiger partial charge in [-0.2, -0.15) is 0 Å². The molecule has 2 rings (SSSR count). The Morgan fingerprint density at radius 3 is 2.87 bits per heavy atom. The number of ether oxygens (including phenoxy) is 1. The fourth-order valence-electron chi connectivity index (χ4n) is 3.13. The summed E-state index contributed by atoms with van der Waals surface area (Å²) in [6.45, 7) is 2.81. The maximum atomic E-state index is 11.3. The van der Waals surface area contributed by atoms with E-state index in [1.165, 1.54) is 38.5 Å². The van der Waals surface area contributed by atoms with Crippen molar-refractivity contribution in [2.45, 2.75) is 77.2 Å². The van der Waals surface area contributed by atoms with Gasteiger partial charge in [-0.05, 0) is 18.8 Å². The quantitative estimate of drug-likeness (QED) is 0.682. The molecule has 1 saturated carbocycles. The molecule has 1 aromatic heterocycles.